The fourth-order valence-corrected chi connectivity index (χ4v) is 7.68. The van der Waals surface area contributed by atoms with E-state index >= 15 is 0 Å². The molecule has 4 saturated heterocycles. The van der Waals surface area contributed by atoms with Crippen LogP contribution in [-0.2, 0) is 0 Å². The average molecular weight is 584 g/mol. The number of nitrogens with one attached hydrogen (secondary N) is 1. The average Bonchev–Trinajstić information content (AvgIpc) is 3.65. The van der Waals surface area contributed by atoms with Crippen molar-refractivity contribution in [2.24, 2.45) is 0 Å². The summed E-state index contributed by atoms with van der Waals surface area (Å²) in [7, 11) is 0. The van der Waals surface area contributed by atoms with Crippen molar-refractivity contribution < 1.29 is 18.6 Å². The number of nitrogens with zero attached hydrogens (tertiary/aromatic N) is 6. The second kappa shape index (κ2) is 9.96. The van der Waals surface area contributed by atoms with E-state index in [-0.39, 0.29) is 28.7 Å². The van der Waals surface area contributed by atoms with E-state index in [4.69, 9.17) is 26.1 Å². The van der Waals surface area contributed by atoms with Gasteiger partial charge in [0.15, 0.2) is 11.5 Å². The summed E-state index contributed by atoms with van der Waals surface area (Å²) < 4.78 is 35.5. The Hall–Kier alpha value is -4.14. The van der Waals surface area contributed by atoms with E-state index < -0.39 is 12.0 Å². The number of terminal acetylenes is 1. The van der Waals surface area contributed by atoms with E-state index in [2.05, 4.69) is 26.0 Å². The highest BCUT2D eigenvalue weighted by Crippen LogP contribution is 2.41. The first kappa shape index (κ1) is 26.5. The molecule has 4 atom stereocenters. The third-order valence-corrected chi connectivity index (χ3v) is 9.60. The van der Waals surface area contributed by atoms with Gasteiger partial charge in [0, 0.05) is 55.3 Å². The van der Waals surface area contributed by atoms with E-state index in [9.17, 15) is 13.9 Å². The summed E-state index contributed by atoms with van der Waals surface area (Å²) >= 11 is 0. The topological polar surface area (TPSA) is 99.5 Å². The van der Waals surface area contributed by atoms with Crippen molar-refractivity contribution in [3.05, 3.63) is 41.8 Å². The molecule has 0 radical (unpaired) electrons. The molecule has 0 spiro atoms. The lowest BCUT2D eigenvalue weighted by atomic mass is 9.95. The first-order valence-corrected chi connectivity index (χ1v) is 14.9. The van der Waals surface area contributed by atoms with Gasteiger partial charge in [0.05, 0.1) is 16.5 Å². The monoisotopic (exact) mass is 583 g/mol. The van der Waals surface area contributed by atoms with Crippen molar-refractivity contribution in [3.8, 4) is 35.5 Å². The van der Waals surface area contributed by atoms with Crippen LogP contribution >= 0.6 is 0 Å². The molecule has 0 amide bonds. The molecular formula is C32H31F2N7O2. The molecule has 0 saturated carbocycles. The number of benzene rings is 2. The Morgan fingerprint density at radius 3 is 2.79 bits per heavy atom. The van der Waals surface area contributed by atoms with Crippen LogP contribution in [0.2, 0.25) is 0 Å². The number of alkyl halides is 1. The number of anilines is 1. The number of rotatable bonds is 5. The number of ether oxygens (including phenoxy) is 1. The fraction of sp³-hybridized carbons (Fsp3) is 0.438. The van der Waals surface area contributed by atoms with Crippen LogP contribution in [0, 0.1) is 18.2 Å². The second-order valence-corrected chi connectivity index (χ2v) is 12.3. The molecular weight excluding hydrogens is 552 g/mol. The number of phenols is 1. The van der Waals surface area contributed by atoms with Crippen LogP contribution in [0.15, 0.2) is 30.5 Å². The van der Waals surface area contributed by atoms with Gasteiger partial charge in [-0.05, 0) is 55.8 Å². The zero-order valence-corrected chi connectivity index (χ0v) is 23.6. The van der Waals surface area contributed by atoms with Crippen molar-refractivity contribution in [1.29, 1.82) is 0 Å². The standard InChI is InChI=1S/C32H31F2N7O2/c1-2-23-26(34)7-4-18-10-22(42)11-24(27(18)23)28-35-13-25-29(37-28)38-31(39-30(25)40-15-20-5-6-21(16-40)36-20)43-17-32-8-3-9-41(32)14-19(33)12-32/h1,4,7,10-11,13,19-21,36,42H,3,5-6,8-9,12,14-17H2/t19-,20-,21+,32+/m1/s1. The number of phenolic OH excluding ortho intramolecular Hbond substituents is 1. The normalized spacial score (nSPS) is 26.7. The number of hydrogen-bond donors (Lipinski definition) is 2. The first-order chi connectivity index (χ1) is 20.9. The van der Waals surface area contributed by atoms with E-state index in [1.807, 2.05) is 0 Å². The number of hydrogen-bond acceptors (Lipinski definition) is 9. The maximum Gasteiger partial charge on any atom is 0.320 e. The van der Waals surface area contributed by atoms with Crippen molar-refractivity contribution in [2.45, 2.75) is 55.9 Å². The smallest absolute Gasteiger partial charge is 0.320 e. The Balaban J connectivity index is 1.24. The Kier molecular flexibility index (Phi) is 6.14. The molecule has 4 aromatic rings. The van der Waals surface area contributed by atoms with Gasteiger partial charge in [-0.3, -0.25) is 4.90 Å². The lowest BCUT2D eigenvalue weighted by Gasteiger charge is -2.34. The summed E-state index contributed by atoms with van der Waals surface area (Å²) in [6, 6.07) is 6.78. The van der Waals surface area contributed by atoms with Crippen LogP contribution in [0.1, 0.15) is 37.7 Å². The van der Waals surface area contributed by atoms with Crippen LogP contribution < -0.4 is 15.0 Å². The summed E-state index contributed by atoms with van der Waals surface area (Å²) in [5.41, 5.74) is 0.483. The van der Waals surface area contributed by atoms with E-state index in [1.54, 1.807) is 12.3 Å². The summed E-state index contributed by atoms with van der Waals surface area (Å²) in [4.78, 5) is 23.5. The number of fused-ring (bicyclic) bond motifs is 5. The largest absolute Gasteiger partial charge is 0.508 e. The molecule has 9 nitrogen and oxygen atoms in total. The highest BCUT2D eigenvalue weighted by molar-refractivity contribution is 6.01. The zero-order chi connectivity index (χ0) is 29.3. The number of halogens is 2. The van der Waals surface area contributed by atoms with Gasteiger partial charge < -0.3 is 20.1 Å². The minimum atomic E-state index is -0.863. The molecule has 8 rings (SSSR count). The van der Waals surface area contributed by atoms with Gasteiger partial charge in [0.2, 0.25) is 0 Å². The summed E-state index contributed by atoms with van der Waals surface area (Å²) in [6.07, 6.45) is 11.1. The van der Waals surface area contributed by atoms with Crippen LogP contribution in [0.4, 0.5) is 14.6 Å². The van der Waals surface area contributed by atoms with Crippen LogP contribution in [0.3, 0.4) is 0 Å². The lowest BCUT2D eigenvalue weighted by Crippen LogP contribution is -2.51. The minimum absolute atomic E-state index is 0.0208. The Bertz CT molecular complexity index is 1800. The van der Waals surface area contributed by atoms with E-state index in [0.717, 1.165) is 45.3 Å². The molecule has 2 N–H and O–H groups in total. The van der Waals surface area contributed by atoms with Crippen LogP contribution in [0.25, 0.3) is 33.2 Å². The quantitative estimate of drug-likeness (QED) is 0.338. The van der Waals surface area contributed by atoms with Crippen molar-refractivity contribution >= 4 is 27.6 Å². The van der Waals surface area contributed by atoms with Gasteiger partial charge in [0.25, 0.3) is 0 Å². The molecule has 6 heterocycles. The number of aromatic nitrogens is 4. The van der Waals surface area contributed by atoms with Gasteiger partial charge in [-0.25, -0.2) is 18.7 Å². The first-order valence-electron chi connectivity index (χ1n) is 14.9. The van der Waals surface area contributed by atoms with Gasteiger partial charge in [-0.1, -0.05) is 12.0 Å². The van der Waals surface area contributed by atoms with E-state index in [0.29, 0.717) is 64.8 Å². The van der Waals surface area contributed by atoms with E-state index in [1.165, 1.54) is 18.2 Å². The van der Waals surface area contributed by atoms with Gasteiger partial charge >= 0.3 is 6.01 Å². The third-order valence-electron chi connectivity index (χ3n) is 9.60. The third kappa shape index (κ3) is 4.43. The zero-order valence-electron chi connectivity index (χ0n) is 23.6. The number of piperazine rings is 1. The molecule has 4 aliphatic rings. The molecule has 4 fully saturated rings. The molecule has 0 unspecified atom stereocenters. The highest BCUT2D eigenvalue weighted by Gasteiger charge is 2.49. The van der Waals surface area contributed by atoms with Crippen LogP contribution in [-0.4, -0.2) is 86.5 Å². The lowest BCUT2D eigenvalue weighted by molar-refractivity contribution is 0.107. The molecule has 4 aliphatic heterocycles. The summed E-state index contributed by atoms with van der Waals surface area (Å²) in [5.74, 6) is 2.81. The molecule has 0 aliphatic carbocycles. The highest BCUT2D eigenvalue weighted by atomic mass is 19.1. The SMILES string of the molecule is C#Cc1c(F)ccc2cc(O)cc(-c3ncc4c(N5C[C@H]6CC[C@@H](C5)N6)nc(OC[C@@]56CCCN5C[C@H](F)C6)nc4n3)c12. The van der Waals surface area contributed by atoms with Crippen molar-refractivity contribution in [3.63, 3.8) is 0 Å². The molecule has 11 heteroatoms. The van der Waals surface area contributed by atoms with Crippen LogP contribution in [0.5, 0.6) is 11.8 Å². The number of aromatic hydroxyl groups is 1. The molecule has 2 aromatic heterocycles. The van der Waals surface area contributed by atoms with Gasteiger partial charge in [-0.2, -0.15) is 9.97 Å². The predicted octanol–water partition coefficient (Wildman–Crippen LogP) is 3.96. The summed E-state index contributed by atoms with van der Waals surface area (Å²) in [6.45, 7) is 3.17. The molecule has 2 aromatic carbocycles. The Labute approximate surface area is 247 Å². The maximum atomic E-state index is 14.8. The predicted molar refractivity (Wildman–Crippen MR) is 158 cm³/mol. The van der Waals surface area contributed by atoms with Gasteiger partial charge in [-0.15, -0.1) is 6.42 Å². The Morgan fingerprint density at radius 2 is 1.98 bits per heavy atom. The minimum Gasteiger partial charge on any atom is -0.508 e. The fourth-order valence-electron chi connectivity index (χ4n) is 7.68. The molecule has 2 bridgehead atoms. The Morgan fingerprint density at radius 1 is 1.14 bits per heavy atom. The second-order valence-electron chi connectivity index (χ2n) is 12.3. The molecule has 220 valence electrons. The molecule has 43 heavy (non-hydrogen) atoms. The van der Waals surface area contributed by atoms with Crippen molar-refractivity contribution in [2.75, 3.05) is 37.7 Å². The van der Waals surface area contributed by atoms with Crippen molar-refractivity contribution in [1.82, 2.24) is 30.2 Å². The maximum absolute atomic E-state index is 14.8. The van der Waals surface area contributed by atoms with Gasteiger partial charge in [0.1, 0.15) is 30.2 Å². The summed E-state index contributed by atoms with van der Waals surface area (Å²) in [5, 5.41) is 15.8.